The van der Waals surface area contributed by atoms with Crippen molar-refractivity contribution in [2.45, 2.75) is 32.2 Å². The molecule has 0 saturated heterocycles. The van der Waals surface area contributed by atoms with Crippen molar-refractivity contribution in [2.24, 2.45) is 4.99 Å². The maximum absolute atomic E-state index is 12.7. The van der Waals surface area contributed by atoms with E-state index in [2.05, 4.69) is 32.8 Å². The molecule has 0 aromatic heterocycles. The molecule has 2 aliphatic rings. The van der Waals surface area contributed by atoms with Crippen molar-refractivity contribution >= 4 is 36.7 Å². The Morgan fingerprint density at radius 2 is 1.96 bits per heavy atom. The molecule has 26 heavy (non-hydrogen) atoms. The summed E-state index contributed by atoms with van der Waals surface area (Å²) in [5, 5.41) is 0. The molecule has 0 spiro atoms. The van der Waals surface area contributed by atoms with Crippen LogP contribution >= 0.6 is 15.9 Å². The minimum atomic E-state index is -3.61. The topological polar surface area (TPSA) is 58.5 Å². The van der Waals surface area contributed by atoms with Crippen molar-refractivity contribution in [3.63, 3.8) is 0 Å². The molecular formula is C20H19BrN2O2S. The van der Waals surface area contributed by atoms with Crippen LogP contribution in [0, 0.1) is 0 Å². The third-order valence-corrected chi connectivity index (χ3v) is 6.94. The first kappa shape index (κ1) is 17.5. The second-order valence-corrected chi connectivity index (χ2v) is 9.19. The lowest BCUT2D eigenvalue weighted by molar-refractivity contribution is 0.571. The molecule has 4 nitrogen and oxygen atoms in total. The molecule has 0 fully saturated rings. The SMILES string of the molecule is CC1=C(c2cccc(Br)c2)S(=O)(=O)NC1=N[C@@H]1CCCc2ccccc21. The Hall–Kier alpha value is -1.92. The highest BCUT2D eigenvalue weighted by Gasteiger charge is 2.33. The van der Waals surface area contributed by atoms with Crippen LogP contribution in [0.3, 0.4) is 0 Å². The summed E-state index contributed by atoms with van der Waals surface area (Å²) in [7, 11) is -3.61. The quantitative estimate of drug-likeness (QED) is 0.756. The predicted molar refractivity (Wildman–Crippen MR) is 108 cm³/mol. The van der Waals surface area contributed by atoms with Gasteiger partial charge < -0.3 is 0 Å². The molecule has 134 valence electrons. The summed E-state index contributed by atoms with van der Waals surface area (Å²) in [6.45, 7) is 1.82. The highest BCUT2D eigenvalue weighted by atomic mass is 79.9. The Morgan fingerprint density at radius 1 is 1.15 bits per heavy atom. The molecule has 0 saturated carbocycles. The minimum Gasteiger partial charge on any atom is -0.263 e. The van der Waals surface area contributed by atoms with Gasteiger partial charge >= 0.3 is 0 Å². The van der Waals surface area contributed by atoms with Crippen LogP contribution < -0.4 is 4.72 Å². The lowest BCUT2D eigenvalue weighted by Crippen LogP contribution is -2.24. The number of aliphatic imine (C=N–C) groups is 1. The van der Waals surface area contributed by atoms with Gasteiger partial charge in [-0.2, -0.15) is 0 Å². The Bertz CT molecular complexity index is 1040. The van der Waals surface area contributed by atoms with E-state index < -0.39 is 10.0 Å². The van der Waals surface area contributed by atoms with Gasteiger partial charge in [0.15, 0.2) is 0 Å². The van der Waals surface area contributed by atoms with Gasteiger partial charge in [0.2, 0.25) is 0 Å². The van der Waals surface area contributed by atoms with Crippen LogP contribution in [0.4, 0.5) is 0 Å². The lowest BCUT2D eigenvalue weighted by Gasteiger charge is -2.22. The summed E-state index contributed by atoms with van der Waals surface area (Å²) in [5.41, 5.74) is 3.85. The first-order valence-electron chi connectivity index (χ1n) is 8.61. The van der Waals surface area contributed by atoms with Crippen LogP contribution in [0.25, 0.3) is 4.91 Å². The summed E-state index contributed by atoms with van der Waals surface area (Å²) in [6.07, 6.45) is 3.05. The number of nitrogens with one attached hydrogen (secondary N) is 1. The summed E-state index contributed by atoms with van der Waals surface area (Å²) in [5.74, 6) is 0.460. The lowest BCUT2D eigenvalue weighted by atomic mass is 9.88. The molecule has 0 radical (unpaired) electrons. The number of amidine groups is 1. The molecule has 1 atom stereocenters. The van der Waals surface area contributed by atoms with Crippen LogP contribution in [-0.2, 0) is 16.4 Å². The van der Waals surface area contributed by atoms with Gasteiger partial charge in [0, 0.05) is 10.0 Å². The van der Waals surface area contributed by atoms with Gasteiger partial charge in [-0.05, 0) is 55.0 Å². The van der Waals surface area contributed by atoms with Crippen LogP contribution in [0.2, 0.25) is 0 Å². The first-order chi connectivity index (χ1) is 12.5. The average Bonchev–Trinajstić information content (AvgIpc) is 2.83. The Morgan fingerprint density at radius 3 is 2.77 bits per heavy atom. The Kier molecular flexibility index (Phi) is 4.49. The number of nitrogens with zero attached hydrogens (tertiary/aromatic N) is 1. The van der Waals surface area contributed by atoms with Crippen LogP contribution in [-0.4, -0.2) is 14.3 Å². The van der Waals surface area contributed by atoms with E-state index in [1.807, 2.05) is 43.3 Å². The Balaban J connectivity index is 1.79. The maximum atomic E-state index is 12.7. The molecular weight excluding hydrogens is 412 g/mol. The first-order valence-corrected chi connectivity index (χ1v) is 10.9. The van der Waals surface area contributed by atoms with Crippen LogP contribution in [0.5, 0.6) is 0 Å². The largest absolute Gasteiger partial charge is 0.264 e. The number of benzene rings is 2. The average molecular weight is 431 g/mol. The molecule has 2 aromatic rings. The second-order valence-electron chi connectivity index (χ2n) is 6.65. The fraction of sp³-hybridized carbons (Fsp3) is 0.250. The van der Waals surface area contributed by atoms with Gasteiger partial charge in [-0.3, -0.25) is 9.71 Å². The molecule has 0 unspecified atom stereocenters. The molecule has 2 aromatic carbocycles. The summed E-state index contributed by atoms with van der Waals surface area (Å²) in [6, 6.07) is 15.6. The van der Waals surface area contributed by atoms with Gasteiger partial charge in [0.05, 0.1) is 6.04 Å². The van der Waals surface area contributed by atoms with E-state index in [0.29, 0.717) is 21.9 Å². The van der Waals surface area contributed by atoms with E-state index in [9.17, 15) is 8.42 Å². The monoisotopic (exact) mass is 430 g/mol. The second kappa shape index (κ2) is 6.67. The van der Waals surface area contributed by atoms with Crippen LogP contribution in [0.15, 0.2) is 63.6 Å². The molecule has 1 aliphatic carbocycles. The number of hydrogen-bond donors (Lipinski definition) is 1. The van der Waals surface area contributed by atoms with Crippen molar-refractivity contribution in [1.29, 1.82) is 0 Å². The molecule has 1 N–H and O–H groups in total. The highest BCUT2D eigenvalue weighted by Crippen LogP contribution is 2.36. The van der Waals surface area contributed by atoms with Crippen LogP contribution in [0.1, 0.15) is 42.5 Å². The van der Waals surface area contributed by atoms with Gasteiger partial charge in [-0.25, -0.2) is 8.42 Å². The van der Waals surface area contributed by atoms with Crippen molar-refractivity contribution in [3.8, 4) is 0 Å². The summed E-state index contributed by atoms with van der Waals surface area (Å²) >= 11 is 3.41. The van der Waals surface area contributed by atoms with E-state index >= 15 is 0 Å². The maximum Gasteiger partial charge on any atom is 0.264 e. The van der Waals surface area contributed by atoms with Crippen molar-refractivity contribution in [2.75, 3.05) is 0 Å². The molecule has 6 heteroatoms. The fourth-order valence-corrected chi connectivity index (χ4v) is 5.61. The summed E-state index contributed by atoms with van der Waals surface area (Å²) < 4.78 is 28.9. The van der Waals surface area contributed by atoms with Crippen molar-refractivity contribution in [1.82, 2.24) is 4.72 Å². The fourth-order valence-electron chi connectivity index (χ4n) is 3.71. The normalized spacial score (nSPS) is 23.0. The molecule has 0 amide bonds. The van der Waals surface area contributed by atoms with Gasteiger partial charge in [-0.1, -0.05) is 52.3 Å². The van der Waals surface area contributed by atoms with Crippen molar-refractivity contribution < 1.29 is 8.42 Å². The third-order valence-electron chi connectivity index (χ3n) is 4.91. The van der Waals surface area contributed by atoms with Gasteiger partial charge in [0.1, 0.15) is 10.7 Å². The zero-order valence-corrected chi connectivity index (χ0v) is 16.8. The molecule has 0 bridgehead atoms. The Labute approximate surface area is 162 Å². The number of aryl methyl sites for hydroxylation is 1. The third kappa shape index (κ3) is 3.12. The van der Waals surface area contributed by atoms with Gasteiger partial charge in [-0.15, -0.1) is 0 Å². The molecule has 4 rings (SSSR count). The zero-order chi connectivity index (χ0) is 18.3. The standard InChI is InChI=1S/C20H19BrN2O2S/c1-13-19(15-8-4-9-16(21)12-15)26(24,25)23-20(13)22-18-11-5-7-14-6-2-3-10-17(14)18/h2-4,6,8-10,12,18H,5,7,11H2,1H3,(H,22,23)/t18-/m1/s1. The predicted octanol–water partition coefficient (Wildman–Crippen LogP) is 4.59. The van der Waals surface area contributed by atoms with Gasteiger partial charge in [0.25, 0.3) is 10.0 Å². The highest BCUT2D eigenvalue weighted by molar-refractivity contribution is 9.10. The zero-order valence-electron chi connectivity index (χ0n) is 14.4. The van der Waals surface area contributed by atoms with E-state index in [-0.39, 0.29) is 6.04 Å². The van der Waals surface area contributed by atoms with E-state index in [1.54, 1.807) is 0 Å². The van der Waals surface area contributed by atoms with E-state index in [1.165, 1.54) is 11.1 Å². The smallest absolute Gasteiger partial charge is 0.263 e. The summed E-state index contributed by atoms with van der Waals surface area (Å²) in [4.78, 5) is 5.12. The minimum absolute atomic E-state index is 0.00513. The number of halogens is 1. The number of hydrogen-bond acceptors (Lipinski definition) is 3. The molecule has 1 heterocycles. The van der Waals surface area contributed by atoms with E-state index in [0.717, 1.165) is 23.7 Å². The number of rotatable bonds is 2. The number of sulfonamides is 1. The van der Waals surface area contributed by atoms with E-state index in [4.69, 9.17) is 4.99 Å². The molecule has 1 aliphatic heterocycles. The number of fused-ring (bicyclic) bond motifs is 1. The van der Waals surface area contributed by atoms with Crippen molar-refractivity contribution in [3.05, 3.63) is 75.3 Å².